The van der Waals surface area contributed by atoms with E-state index in [1.54, 1.807) is 11.3 Å². The Hall–Kier alpha value is -2.15. The molecule has 0 unspecified atom stereocenters. The van der Waals surface area contributed by atoms with Gasteiger partial charge in [-0.05, 0) is 35.7 Å². The molecular formula is C24H28ClN3O2S. The quantitative estimate of drug-likeness (QED) is 0.486. The SMILES string of the molecule is CCCC[C@@H]1CN(Cc2cccc(CC(=O)O)c2)CCN1c1nc2ccc(Cl)cc2s1. The molecule has 1 aliphatic rings. The number of fused-ring (bicyclic) bond motifs is 1. The van der Waals surface area contributed by atoms with Gasteiger partial charge in [0.15, 0.2) is 5.13 Å². The molecule has 0 bridgehead atoms. The maximum atomic E-state index is 11.0. The van der Waals surface area contributed by atoms with Gasteiger partial charge in [-0.15, -0.1) is 0 Å². The predicted octanol–water partition coefficient (Wildman–Crippen LogP) is 5.46. The standard InChI is InChI=1S/C24H28ClN3O2S/c1-2-3-7-20-16-27(15-18-6-4-5-17(12-18)13-23(29)30)10-11-28(20)24-26-21-9-8-19(25)14-22(21)31-24/h4-6,8-9,12,14,20H,2-3,7,10-11,13,15-16H2,1H3,(H,29,30)/t20-/m1/s1. The third-order valence-corrected chi connectivity index (χ3v) is 7.09. The first-order chi connectivity index (χ1) is 15.0. The maximum absolute atomic E-state index is 11.0. The summed E-state index contributed by atoms with van der Waals surface area (Å²) in [5.41, 5.74) is 3.05. The fourth-order valence-electron chi connectivity index (χ4n) is 4.28. The molecule has 2 aromatic carbocycles. The second-order valence-corrected chi connectivity index (χ2v) is 9.67. The third-order valence-electron chi connectivity index (χ3n) is 5.80. The number of halogens is 1. The number of aromatic nitrogens is 1. The molecule has 1 N–H and O–H groups in total. The molecule has 0 spiro atoms. The average molecular weight is 458 g/mol. The van der Waals surface area contributed by atoms with E-state index in [0.29, 0.717) is 6.04 Å². The molecule has 1 saturated heterocycles. The maximum Gasteiger partial charge on any atom is 0.307 e. The Balaban J connectivity index is 1.49. The highest BCUT2D eigenvalue weighted by molar-refractivity contribution is 7.22. The Bertz CT molecular complexity index is 1050. The molecule has 1 fully saturated rings. The predicted molar refractivity (Wildman–Crippen MR) is 128 cm³/mol. The summed E-state index contributed by atoms with van der Waals surface area (Å²) in [5, 5.41) is 10.9. The minimum Gasteiger partial charge on any atom is -0.481 e. The number of nitrogens with zero attached hydrogens (tertiary/aromatic N) is 3. The fourth-order valence-corrected chi connectivity index (χ4v) is 5.62. The van der Waals surface area contributed by atoms with Gasteiger partial charge in [-0.3, -0.25) is 9.69 Å². The number of hydrogen-bond acceptors (Lipinski definition) is 5. The zero-order valence-electron chi connectivity index (χ0n) is 17.8. The summed E-state index contributed by atoms with van der Waals surface area (Å²) in [5.74, 6) is -0.789. The molecule has 1 aromatic heterocycles. The van der Waals surface area contributed by atoms with Crippen molar-refractivity contribution < 1.29 is 9.90 Å². The molecule has 0 amide bonds. The summed E-state index contributed by atoms with van der Waals surface area (Å²) in [6.07, 6.45) is 3.59. The van der Waals surface area contributed by atoms with E-state index in [9.17, 15) is 4.79 Å². The molecule has 4 rings (SSSR count). The summed E-state index contributed by atoms with van der Waals surface area (Å²) in [7, 11) is 0. The molecule has 3 aromatic rings. The molecule has 164 valence electrons. The zero-order valence-corrected chi connectivity index (χ0v) is 19.3. The van der Waals surface area contributed by atoms with Crippen molar-refractivity contribution in [1.29, 1.82) is 0 Å². The van der Waals surface area contributed by atoms with Gasteiger partial charge in [-0.25, -0.2) is 4.98 Å². The molecule has 0 radical (unpaired) electrons. The first-order valence-electron chi connectivity index (χ1n) is 10.9. The zero-order chi connectivity index (χ0) is 21.8. The van der Waals surface area contributed by atoms with Gasteiger partial charge in [-0.2, -0.15) is 0 Å². The lowest BCUT2D eigenvalue weighted by Gasteiger charge is -2.41. The number of carboxylic acid groups (broad SMARTS) is 1. The minimum absolute atomic E-state index is 0.0718. The van der Waals surface area contributed by atoms with Crippen molar-refractivity contribution in [2.75, 3.05) is 24.5 Å². The van der Waals surface area contributed by atoms with Crippen molar-refractivity contribution in [3.63, 3.8) is 0 Å². The van der Waals surface area contributed by atoms with E-state index >= 15 is 0 Å². The van der Waals surface area contributed by atoms with Crippen LogP contribution in [-0.2, 0) is 17.8 Å². The van der Waals surface area contributed by atoms with Gasteiger partial charge in [0, 0.05) is 37.2 Å². The Morgan fingerprint density at radius 3 is 2.87 bits per heavy atom. The molecule has 1 atom stereocenters. The van der Waals surface area contributed by atoms with Crippen LogP contribution >= 0.6 is 22.9 Å². The summed E-state index contributed by atoms with van der Waals surface area (Å²) < 4.78 is 1.13. The number of carbonyl (C=O) groups is 1. The van der Waals surface area contributed by atoms with E-state index in [1.807, 2.05) is 36.4 Å². The number of anilines is 1. The van der Waals surface area contributed by atoms with Crippen molar-refractivity contribution in [2.45, 2.75) is 45.2 Å². The van der Waals surface area contributed by atoms with E-state index in [-0.39, 0.29) is 6.42 Å². The number of carboxylic acids is 1. The molecule has 7 heteroatoms. The minimum atomic E-state index is -0.789. The Labute approximate surface area is 192 Å². The van der Waals surface area contributed by atoms with Gasteiger partial charge >= 0.3 is 5.97 Å². The number of unbranched alkanes of at least 4 members (excludes halogenated alkanes) is 1. The van der Waals surface area contributed by atoms with Crippen LogP contribution in [-0.4, -0.2) is 46.6 Å². The Morgan fingerprint density at radius 2 is 2.06 bits per heavy atom. The van der Waals surface area contributed by atoms with E-state index < -0.39 is 5.97 Å². The van der Waals surface area contributed by atoms with Crippen LogP contribution in [0.15, 0.2) is 42.5 Å². The van der Waals surface area contributed by atoms with Gasteiger partial charge in [0.25, 0.3) is 0 Å². The number of aliphatic carboxylic acids is 1. The van der Waals surface area contributed by atoms with Gasteiger partial charge in [0.05, 0.1) is 16.6 Å². The summed E-state index contributed by atoms with van der Waals surface area (Å²) >= 11 is 7.90. The first-order valence-corrected chi connectivity index (χ1v) is 12.1. The Morgan fingerprint density at radius 1 is 1.23 bits per heavy atom. The van der Waals surface area contributed by atoms with Crippen molar-refractivity contribution >= 4 is 44.3 Å². The number of thiazole rings is 1. The number of hydrogen-bond donors (Lipinski definition) is 1. The fraction of sp³-hybridized carbons (Fsp3) is 0.417. The van der Waals surface area contributed by atoms with Crippen molar-refractivity contribution in [2.24, 2.45) is 0 Å². The van der Waals surface area contributed by atoms with Gasteiger partial charge < -0.3 is 10.0 Å². The highest BCUT2D eigenvalue weighted by Crippen LogP contribution is 2.33. The van der Waals surface area contributed by atoms with Crippen LogP contribution in [0.3, 0.4) is 0 Å². The monoisotopic (exact) mass is 457 g/mol. The van der Waals surface area contributed by atoms with Crippen molar-refractivity contribution in [3.05, 3.63) is 58.6 Å². The van der Waals surface area contributed by atoms with E-state index in [2.05, 4.69) is 22.8 Å². The van der Waals surface area contributed by atoms with Crippen molar-refractivity contribution in [1.82, 2.24) is 9.88 Å². The Kier molecular flexibility index (Phi) is 7.10. The second-order valence-electron chi connectivity index (χ2n) is 8.22. The van der Waals surface area contributed by atoms with Crippen LogP contribution < -0.4 is 4.90 Å². The highest BCUT2D eigenvalue weighted by Gasteiger charge is 2.28. The van der Waals surface area contributed by atoms with E-state index in [1.165, 1.54) is 18.4 Å². The molecule has 31 heavy (non-hydrogen) atoms. The summed E-state index contributed by atoms with van der Waals surface area (Å²) in [4.78, 5) is 20.9. The lowest BCUT2D eigenvalue weighted by Crippen LogP contribution is -2.53. The molecule has 5 nitrogen and oxygen atoms in total. The van der Waals surface area contributed by atoms with Crippen molar-refractivity contribution in [3.8, 4) is 0 Å². The van der Waals surface area contributed by atoms with Crippen LogP contribution in [0.1, 0.15) is 37.3 Å². The van der Waals surface area contributed by atoms with Gasteiger partial charge in [0.2, 0.25) is 0 Å². The second kappa shape index (κ2) is 9.98. The smallest absolute Gasteiger partial charge is 0.307 e. The summed E-state index contributed by atoms with van der Waals surface area (Å²) in [6, 6.07) is 14.3. The molecule has 2 heterocycles. The lowest BCUT2D eigenvalue weighted by molar-refractivity contribution is -0.136. The first kappa shape index (κ1) is 22.1. The number of rotatable bonds is 8. The van der Waals surface area contributed by atoms with Crippen LogP contribution in [0, 0.1) is 0 Å². The average Bonchev–Trinajstić information content (AvgIpc) is 3.15. The molecule has 1 aliphatic heterocycles. The van der Waals surface area contributed by atoms with Gasteiger partial charge in [0.1, 0.15) is 0 Å². The molecule has 0 saturated carbocycles. The third kappa shape index (κ3) is 5.56. The normalized spacial score (nSPS) is 17.4. The van der Waals surface area contributed by atoms with Crippen LogP contribution in [0.25, 0.3) is 10.2 Å². The largest absolute Gasteiger partial charge is 0.481 e. The van der Waals surface area contributed by atoms with E-state index in [0.717, 1.165) is 58.5 Å². The molecular weight excluding hydrogens is 430 g/mol. The number of benzene rings is 2. The lowest BCUT2D eigenvalue weighted by atomic mass is 10.0. The summed E-state index contributed by atoms with van der Waals surface area (Å²) in [6.45, 7) is 5.97. The van der Waals surface area contributed by atoms with Crippen LogP contribution in [0.2, 0.25) is 5.02 Å². The van der Waals surface area contributed by atoms with Crippen LogP contribution in [0.4, 0.5) is 5.13 Å². The van der Waals surface area contributed by atoms with Crippen LogP contribution in [0.5, 0.6) is 0 Å². The van der Waals surface area contributed by atoms with E-state index in [4.69, 9.17) is 21.7 Å². The van der Waals surface area contributed by atoms with Gasteiger partial charge in [-0.1, -0.05) is 67.0 Å². The topological polar surface area (TPSA) is 56.7 Å². The molecule has 0 aliphatic carbocycles. The highest BCUT2D eigenvalue weighted by atomic mass is 35.5. The number of piperazine rings is 1.